The number of β-amino-alcohol motifs (C(OH)–C–C–N with tert-alkyl or cyclic N) is 1. The molecule has 2 atom stereocenters. The number of hydrogen-bond donors (Lipinski definition) is 2. The van der Waals surface area contributed by atoms with Crippen molar-refractivity contribution in [1.29, 1.82) is 0 Å². The van der Waals surface area contributed by atoms with Gasteiger partial charge in [-0.3, -0.25) is 4.98 Å². The predicted molar refractivity (Wildman–Crippen MR) is 131 cm³/mol. The van der Waals surface area contributed by atoms with Crippen LogP contribution in [0.2, 0.25) is 0 Å². The van der Waals surface area contributed by atoms with E-state index in [0.717, 1.165) is 48.4 Å². The van der Waals surface area contributed by atoms with Gasteiger partial charge < -0.3 is 20.1 Å². The lowest BCUT2D eigenvalue weighted by molar-refractivity contribution is 0.0851. The molecule has 0 radical (unpaired) electrons. The zero-order valence-corrected chi connectivity index (χ0v) is 18.8. The number of fused-ring (bicyclic) bond motifs is 1. The molecule has 5 heteroatoms. The van der Waals surface area contributed by atoms with Crippen LogP contribution in [0.5, 0.6) is 5.75 Å². The maximum Gasteiger partial charge on any atom is 0.119 e. The lowest BCUT2D eigenvalue weighted by Crippen LogP contribution is -2.41. The molecule has 1 aliphatic rings. The Bertz CT molecular complexity index is 1020. The Morgan fingerprint density at radius 3 is 2.94 bits per heavy atom. The monoisotopic (exact) mass is 431 g/mol. The smallest absolute Gasteiger partial charge is 0.119 e. The molecule has 3 aromatic rings. The van der Waals surface area contributed by atoms with Crippen LogP contribution in [0.15, 0.2) is 66.9 Å². The highest BCUT2D eigenvalue weighted by atomic mass is 16.5. The highest BCUT2D eigenvalue weighted by Crippen LogP contribution is 2.28. The van der Waals surface area contributed by atoms with Crippen LogP contribution in [0.1, 0.15) is 30.1 Å². The number of aliphatic hydroxyl groups excluding tert-OH is 1. The van der Waals surface area contributed by atoms with Crippen molar-refractivity contribution in [3.63, 3.8) is 0 Å². The first-order valence-electron chi connectivity index (χ1n) is 11.5. The van der Waals surface area contributed by atoms with Gasteiger partial charge in [-0.25, -0.2) is 0 Å². The fourth-order valence-electron chi connectivity index (χ4n) is 4.52. The predicted octanol–water partition coefficient (Wildman–Crippen LogP) is 4.29. The van der Waals surface area contributed by atoms with Gasteiger partial charge in [-0.05, 0) is 67.2 Å². The molecule has 2 N–H and O–H groups in total. The van der Waals surface area contributed by atoms with E-state index >= 15 is 0 Å². The van der Waals surface area contributed by atoms with E-state index in [2.05, 4.69) is 51.6 Å². The summed E-state index contributed by atoms with van der Waals surface area (Å²) in [6.45, 7) is 4.56. The summed E-state index contributed by atoms with van der Waals surface area (Å²) in [4.78, 5) is 6.83. The number of piperidine rings is 1. The Labute approximate surface area is 190 Å². The molecular formula is C27H33N3O2. The average Bonchev–Trinajstić information content (AvgIpc) is 2.84. The molecule has 5 nitrogen and oxygen atoms in total. The Balaban J connectivity index is 1.29. The van der Waals surface area contributed by atoms with Crippen LogP contribution in [0.3, 0.4) is 0 Å². The molecule has 0 aliphatic carbocycles. The maximum atomic E-state index is 11.0. The fourth-order valence-corrected chi connectivity index (χ4v) is 4.52. The van der Waals surface area contributed by atoms with Gasteiger partial charge in [0, 0.05) is 31.2 Å². The zero-order chi connectivity index (χ0) is 22.2. The minimum Gasteiger partial charge on any atom is -0.497 e. The van der Waals surface area contributed by atoms with E-state index in [1.165, 1.54) is 18.4 Å². The van der Waals surface area contributed by atoms with E-state index in [4.69, 9.17) is 4.74 Å². The Morgan fingerprint density at radius 1 is 1.22 bits per heavy atom. The summed E-state index contributed by atoms with van der Waals surface area (Å²) in [7, 11) is 1.66. The molecule has 2 heterocycles. The highest BCUT2D eigenvalue weighted by Gasteiger charge is 2.23. The second-order valence-electron chi connectivity index (χ2n) is 8.54. The van der Waals surface area contributed by atoms with E-state index in [1.54, 1.807) is 13.3 Å². The molecule has 0 saturated carbocycles. The molecule has 0 bridgehead atoms. The number of likely N-dealkylation sites (tertiary alicyclic amines) is 1. The van der Waals surface area contributed by atoms with Gasteiger partial charge >= 0.3 is 0 Å². The number of pyridine rings is 1. The standard InChI is InChI=1S/C27H33N3O2/c1-32-23-11-12-26-25(17-23)24(13-15-29-26)27(31)20-30-16-6-10-22(19-30)18-28-14-5-9-21-7-3-2-4-8-21/h2-5,7-9,11-13,15,17,22,27-28,31H,6,10,14,16,18-20H2,1H3. The fraction of sp³-hybridized carbons (Fsp3) is 0.370. The van der Waals surface area contributed by atoms with Gasteiger partial charge in [-0.1, -0.05) is 42.5 Å². The third-order valence-corrected chi connectivity index (χ3v) is 6.18. The highest BCUT2D eigenvalue weighted by molar-refractivity contribution is 5.83. The molecule has 4 rings (SSSR count). The van der Waals surface area contributed by atoms with Crippen molar-refractivity contribution in [2.75, 3.05) is 39.8 Å². The maximum absolute atomic E-state index is 11.0. The van der Waals surface area contributed by atoms with Crippen molar-refractivity contribution in [2.24, 2.45) is 5.92 Å². The van der Waals surface area contributed by atoms with Crippen molar-refractivity contribution in [3.8, 4) is 5.75 Å². The van der Waals surface area contributed by atoms with Crippen molar-refractivity contribution in [2.45, 2.75) is 18.9 Å². The number of hydrogen-bond acceptors (Lipinski definition) is 5. The first kappa shape index (κ1) is 22.5. The van der Waals surface area contributed by atoms with Crippen molar-refractivity contribution in [1.82, 2.24) is 15.2 Å². The van der Waals surface area contributed by atoms with Gasteiger partial charge in [0.05, 0.1) is 18.7 Å². The number of methoxy groups -OCH3 is 1. The summed E-state index contributed by atoms with van der Waals surface area (Å²) in [5.41, 5.74) is 3.03. The van der Waals surface area contributed by atoms with Crippen molar-refractivity contribution in [3.05, 3.63) is 78.0 Å². The number of nitrogens with one attached hydrogen (secondary N) is 1. The van der Waals surface area contributed by atoms with E-state index in [0.29, 0.717) is 12.5 Å². The van der Waals surface area contributed by atoms with E-state index in [9.17, 15) is 5.11 Å². The molecule has 168 valence electrons. The summed E-state index contributed by atoms with van der Waals surface area (Å²) in [6.07, 6.45) is 7.97. The minimum absolute atomic E-state index is 0.548. The second kappa shape index (κ2) is 11.2. The van der Waals surface area contributed by atoms with Crippen LogP contribution in [-0.2, 0) is 0 Å². The number of aromatic nitrogens is 1. The van der Waals surface area contributed by atoms with Gasteiger partial charge in [0.1, 0.15) is 5.75 Å². The molecule has 0 spiro atoms. The SMILES string of the molecule is COc1ccc2nccc(C(O)CN3CCCC(CNCC=Cc4ccccc4)C3)c2c1. The lowest BCUT2D eigenvalue weighted by Gasteiger charge is -2.34. The Hall–Kier alpha value is -2.73. The number of ether oxygens (including phenoxy) is 1. The quantitative estimate of drug-likeness (QED) is 0.495. The van der Waals surface area contributed by atoms with Gasteiger partial charge in [-0.15, -0.1) is 0 Å². The van der Waals surface area contributed by atoms with Crippen molar-refractivity contribution < 1.29 is 9.84 Å². The first-order valence-corrected chi connectivity index (χ1v) is 11.5. The zero-order valence-electron chi connectivity index (χ0n) is 18.8. The first-order chi connectivity index (χ1) is 15.7. The summed E-state index contributed by atoms with van der Waals surface area (Å²) < 4.78 is 5.37. The average molecular weight is 432 g/mol. The summed E-state index contributed by atoms with van der Waals surface area (Å²) in [6, 6.07) is 18.1. The van der Waals surface area contributed by atoms with Crippen LogP contribution in [0, 0.1) is 5.92 Å². The van der Waals surface area contributed by atoms with Crippen LogP contribution >= 0.6 is 0 Å². The Kier molecular flexibility index (Phi) is 7.88. The second-order valence-corrected chi connectivity index (χ2v) is 8.54. The molecule has 0 amide bonds. The molecular weight excluding hydrogens is 398 g/mol. The number of nitrogens with zero attached hydrogens (tertiary/aromatic N) is 2. The third kappa shape index (κ3) is 5.94. The van der Waals surface area contributed by atoms with Crippen LogP contribution in [0.4, 0.5) is 0 Å². The lowest BCUT2D eigenvalue weighted by atomic mass is 9.96. The Morgan fingerprint density at radius 2 is 2.09 bits per heavy atom. The minimum atomic E-state index is -0.548. The number of rotatable bonds is 9. The normalized spacial score (nSPS) is 18.2. The topological polar surface area (TPSA) is 57.6 Å². The molecule has 2 aromatic carbocycles. The van der Waals surface area contributed by atoms with Crippen LogP contribution in [0.25, 0.3) is 17.0 Å². The molecule has 1 saturated heterocycles. The molecule has 1 aliphatic heterocycles. The largest absolute Gasteiger partial charge is 0.497 e. The molecule has 1 fully saturated rings. The number of benzene rings is 2. The molecule has 1 aromatic heterocycles. The third-order valence-electron chi connectivity index (χ3n) is 6.18. The van der Waals surface area contributed by atoms with Gasteiger partial charge in [-0.2, -0.15) is 0 Å². The van der Waals surface area contributed by atoms with Gasteiger partial charge in [0.25, 0.3) is 0 Å². The van der Waals surface area contributed by atoms with Crippen LogP contribution in [-0.4, -0.2) is 54.8 Å². The molecule has 32 heavy (non-hydrogen) atoms. The van der Waals surface area contributed by atoms with Crippen LogP contribution < -0.4 is 10.1 Å². The van der Waals surface area contributed by atoms with Crippen molar-refractivity contribution >= 4 is 17.0 Å². The van der Waals surface area contributed by atoms with E-state index in [-0.39, 0.29) is 0 Å². The van der Waals surface area contributed by atoms with E-state index < -0.39 is 6.10 Å². The summed E-state index contributed by atoms with van der Waals surface area (Å²) >= 11 is 0. The van der Waals surface area contributed by atoms with Gasteiger partial charge in [0.15, 0.2) is 0 Å². The number of aliphatic hydroxyl groups is 1. The molecule has 2 unspecified atom stereocenters. The summed E-state index contributed by atoms with van der Waals surface area (Å²) in [5.74, 6) is 1.39. The van der Waals surface area contributed by atoms with E-state index in [1.807, 2.05) is 30.3 Å². The summed E-state index contributed by atoms with van der Waals surface area (Å²) in [5, 5.41) is 15.6. The van der Waals surface area contributed by atoms with Gasteiger partial charge in [0.2, 0.25) is 0 Å².